The van der Waals surface area contributed by atoms with Gasteiger partial charge in [0, 0.05) is 25.1 Å². The van der Waals surface area contributed by atoms with E-state index in [9.17, 15) is 29.4 Å². The minimum absolute atomic E-state index is 0.114. The molecule has 0 fully saturated rings. The summed E-state index contributed by atoms with van der Waals surface area (Å²) in [6, 6.07) is 13.5. The molecule has 0 spiro atoms. The molecule has 248 valence electrons. The number of carbonyl (C=O) groups is 4. The number of carboxylic acids is 2. The van der Waals surface area contributed by atoms with E-state index in [1.165, 1.54) is 0 Å². The fourth-order valence-corrected chi connectivity index (χ4v) is 4.41. The van der Waals surface area contributed by atoms with Crippen LogP contribution in [0.15, 0.2) is 59.6 Å². The standard InChI is InChI=1S/C33H44N6O7/c1-21(2)17-25(22-11-13-24(14-12-22)37-32(35-20-34)36-23-9-7-6-8-10-23)29(41)39-26(30(42)43)15-16-46-19-27(31(44)45)38-28(40)18-33(3,4)5/h6-14,21,25-27H,15-19H2,1-5H3,(H,38,40)(H,39,41)(H,42,43)(H,44,45)(H2,35,36,37). The van der Waals surface area contributed by atoms with Crippen molar-refractivity contribution in [2.75, 3.05) is 18.5 Å². The van der Waals surface area contributed by atoms with Crippen LogP contribution in [-0.4, -0.2) is 65.2 Å². The van der Waals surface area contributed by atoms with Crippen molar-refractivity contribution in [1.29, 1.82) is 5.26 Å². The highest BCUT2D eigenvalue weighted by Gasteiger charge is 2.28. The van der Waals surface area contributed by atoms with Crippen LogP contribution < -0.4 is 21.3 Å². The average molecular weight is 637 g/mol. The van der Waals surface area contributed by atoms with Crippen LogP contribution >= 0.6 is 0 Å². The van der Waals surface area contributed by atoms with E-state index in [0.717, 1.165) is 5.69 Å². The van der Waals surface area contributed by atoms with E-state index in [0.29, 0.717) is 17.7 Å². The third kappa shape index (κ3) is 13.8. The summed E-state index contributed by atoms with van der Waals surface area (Å²) in [4.78, 5) is 53.6. The molecule has 46 heavy (non-hydrogen) atoms. The minimum Gasteiger partial charge on any atom is -0.480 e. The molecule has 0 saturated carbocycles. The highest BCUT2D eigenvalue weighted by Crippen LogP contribution is 2.27. The number of benzene rings is 2. The molecule has 0 saturated heterocycles. The summed E-state index contributed by atoms with van der Waals surface area (Å²) < 4.78 is 5.41. The second-order valence-corrected chi connectivity index (χ2v) is 12.4. The summed E-state index contributed by atoms with van der Waals surface area (Å²) in [5.74, 6) is -3.78. The number of aliphatic imine (C=N–C) groups is 1. The van der Waals surface area contributed by atoms with Gasteiger partial charge in [-0.2, -0.15) is 5.26 Å². The van der Waals surface area contributed by atoms with Crippen molar-refractivity contribution in [2.45, 2.75) is 71.9 Å². The molecule has 3 unspecified atom stereocenters. The highest BCUT2D eigenvalue weighted by molar-refractivity contribution is 5.96. The summed E-state index contributed by atoms with van der Waals surface area (Å²) in [6.07, 6.45) is 2.31. The van der Waals surface area contributed by atoms with Gasteiger partial charge in [0.2, 0.25) is 17.8 Å². The number of nitrogens with zero attached hydrogens (tertiary/aromatic N) is 2. The van der Waals surface area contributed by atoms with Crippen molar-refractivity contribution in [3.05, 3.63) is 60.2 Å². The number of aliphatic carboxylic acids is 2. The number of para-hydroxylation sites is 1. The van der Waals surface area contributed by atoms with Gasteiger partial charge in [0.05, 0.1) is 18.2 Å². The maximum absolute atomic E-state index is 13.4. The third-order valence-electron chi connectivity index (χ3n) is 6.54. The highest BCUT2D eigenvalue weighted by atomic mass is 16.5. The fraction of sp³-hybridized carbons (Fsp3) is 0.455. The zero-order valence-electron chi connectivity index (χ0n) is 26.9. The normalized spacial score (nSPS) is 13.5. The molecule has 13 nitrogen and oxygen atoms in total. The van der Waals surface area contributed by atoms with Gasteiger partial charge < -0.3 is 30.9 Å². The molecule has 6 N–H and O–H groups in total. The van der Waals surface area contributed by atoms with Crippen LogP contribution in [0.1, 0.15) is 65.4 Å². The quantitative estimate of drug-likeness (QED) is 0.0515. The SMILES string of the molecule is CC(C)CC(C(=O)NC(CCOCC(NC(=O)CC(C)(C)C)C(=O)O)C(=O)O)c1ccc(N=C(NC#N)Nc2ccccc2)cc1. The number of anilines is 1. The number of carboxylic acid groups (broad SMARTS) is 2. The molecule has 0 aliphatic heterocycles. The van der Waals surface area contributed by atoms with Crippen LogP contribution in [0.2, 0.25) is 0 Å². The average Bonchev–Trinajstić information content (AvgIpc) is 2.96. The number of rotatable bonds is 16. The van der Waals surface area contributed by atoms with Gasteiger partial charge >= 0.3 is 11.9 Å². The molecule has 13 heteroatoms. The first kappa shape index (κ1) is 37.2. The van der Waals surface area contributed by atoms with E-state index in [-0.39, 0.29) is 43.3 Å². The van der Waals surface area contributed by atoms with E-state index in [1.54, 1.807) is 24.3 Å². The van der Waals surface area contributed by atoms with Crippen molar-refractivity contribution in [1.82, 2.24) is 16.0 Å². The van der Waals surface area contributed by atoms with Gasteiger partial charge in [-0.25, -0.2) is 14.6 Å². The molecule has 3 atom stereocenters. The van der Waals surface area contributed by atoms with Gasteiger partial charge in [-0.1, -0.05) is 65.0 Å². The van der Waals surface area contributed by atoms with Gasteiger partial charge in [0.1, 0.15) is 6.04 Å². The second-order valence-electron chi connectivity index (χ2n) is 12.4. The predicted octanol–water partition coefficient (Wildman–Crippen LogP) is 3.97. The number of ether oxygens (including phenoxy) is 1. The van der Waals surface area contributed by atoms with Gasteiger partial charge in [0.15, 0.2) is 12.2 Å². The van der Waals surface area contributed by atoms with Crippen LogP contribution in [0.25, 0.3) is 0 Å². The molecule has 0 aliphatic carbocycles. The minimum atomic E-state index is -1.30. The molecule has 2 amide bonds. The Balaban J connectivity index is 2.07. The summed E-state index contributed by atoms with van der Waals surface area (Å²) in [6.45, 7) is 8.95. The topological polar surface area (TPSA) is 202 Å². The van der Waals surface area contributed by atoms with Crippen LogP contribution in [-0.2, 0) is 23.9 Å². The number of hydrogen-bond donors (Lipinski definition) is 6. The number of carbonyl (C=O) groups excluding carboxylic acids is 2. The molecule has 2 rings (SSSR count). The summed E-state index contributed by atoms with van der Waals surface area (Å²) in [5, 5.41) is 38.9. The Labute approximate surface area is 269 Å². The van der Waals surface area contributed by atoms with Crippen LogP contribution in [0.4, 0.5) is 11.4 Å². The van der Waals surface area contributed by atoms with Gasteiger partial charge in [-0.15, -0.1) is 0 Å². The summed E-state index contributed by atoms with van der Waals surface area (Å²) in [5.41, 5.74) is 1.58. The third-order valence-corrected chi connectivity index (χ3v) is 6.54. The van der Waals surface area contributed by atoms with E-state index in [2.05, 4.69) is 26.3 Å². The lowest BCUT2D eigenvalue weighted by molar-refractivity contribution is -0.145. The molecule has 0 bridgehead atoms. The molecular weight excluding hydrogens is 592 g/mol. The number of nitrogens with one attached hydrogen (secondary N) is 4. The Hall–Kier alpha value is -4.96. The van der Waals surface area contributed by atoms with Gasteiger partial charge in [-0.05, 0) is 47.6 Å². The zero-order valence-corrected chi connectivity index (χ0v) is 26.9. The lowest BCUT2D eigenvalue weighted by Gasteiger charge is -2.23. The van der Waals surface area contributed by atoms with Crippen LogP contribution in [0.5, 0.6) is 0 Å². The molecular formula is C33H44N6O7. The molecule has 0 aromatic heterocycles. The largest absolute Gasteiger partial charge is 0.480 e. The molecule has 0 aliphatic rings. The number of hydrogen-bond acceptors (Lipinski definition) is 7. The van der Waals surface area contributed by atoms with Crippen LogP contribution in [0, 0.1) is 22.8 Å². The number of guanidine groups is 1. The van der Waals surface area contributed by atoms with E-state index < -0.39 is 41.8 Å². The second kappa shape index (κ2) is 18.1. The number of nitriles is 1. The Morgan fingerprint density at radius 1 is 0.935 bits per heavy atom. The Morgan fingerprint density at radius 2 is 1.57 bits per heavy atom. The monoisotopic (exact) mass is 636 g/mol. The first-order valence-electron chi connectivity index (χ1n) is 15.0. The number of amides is 2. The van der Waals surface area contributed by atoms with Crippen molar-refractivity contribution >= 4 is 41.1 Å². The smallest absolute Gasteiger partial charge is 0.328 e. The molecule has 2 aromatic rings. The Bertz CT molecular complexity index is 1380. The maximum atomic E-state index is 13.4. The predicted molar refractivity (Wildman–Crippen MR) is 173 cm³/mol. The molecule has 2 aromatic carbocycles. The molecule has 0 radical (unpaired) electrons. The van der Waals surface area contributed by atoms with Crippen LogP contribution in [0.3, 0.4) is 0 Å². The van der Waals surface area contributed by atoms with Crippen molar-refractivity contribution in [3.63, 3.8) is 0 Å². The lowest BCUT2D eigenvalue weighted by atomic mass is 9.89. The van der Waals surface area contributed by atoms with E-state index in [4.69, 9.17) is 10.00 Å². The fourth-order valence-electron chi connectivity index (χ4n) is 4.41. The van der Waals surface area contributed by atoms with Crippen molar-refractivity contribution in [2.24, 2.45) is 16.3 Å². The molecule has 0 heterocycles. The first-order chi connectivity index (χ1) is 21.7. The van der Waals surface area contributed by atoms with E-state index >= 15 is 0 Å². The zero-order chi connectivity index (χ0) is 34.3. The Kier molecular flexibility index (Phi) is 14.7. The first-order valence-corrected chi connectivity index (χ1v) is 15.0. The Morgan fingerprint density at radius 3 is 2.11 bits per heavy atom. The summed E-state index contributed by atoms with van der Waals surface area (Å²) >= 11 is 0. The maximum Gasteiger partial charge on any atom is 0.328 e. The van der Waals surface area contributed by atoms with Crippen molar-refractivity contribution < 1.29 is 34.1 Å². The van der Waals surface area contributed by atoms with Crippen molar-refractivity contribution in [3.8, 4) is 6.19 Å². The van der Waals surface area contributed by atoms with E-state index in [1.807, 2.05) is 71.1 Å². The lowest BCUT2D eigenvalue weighted by Crippen LogP contribution is -2.46. The van der Waals surface area contributed by atoms with Gasteiger partial charge in [-0.3, -0.25) is 14.9 Å². The summed E-state index contributed by atoms with van der Waals surface area (Å²) in [7, 11) is 0. The van der Waals surface area contributed by atoms with Gasteiger partial charge in [0.25, 0.3) is 0 Å².